The van der Waals surface area contributed by atoms with Gasteiger partial charge in [0.15, 0.2) is 0 Å². The third kappa shape index (κ3) is 6.04. The molecule has 0 aliphatic heterocycles. The largest absolute Gasteiger partial charge is 0.497 e. The number of benzene rings is 2. The number of methoxy groups -OCH3 is 1. The van der Waals surface area contributed by atoms with E-state index in [-0.39, 0.29) is 30.3 Å². The number of carbonyl (C=O) groups excluding carboxylic acids is 1. The van der Waals surface area contributed by atoms with Gasteiger partial charge in [-0.2, -0.15) is 0 Å². The van der Waals surface area contributed by atoms with Gasteiger partial charge in [0, 0.05) is 12.6 Å². The zero-order valence-electron chi connectivity index (χ0n) is 15.6. The van der Waals surface area contributed by atoms with Crippen molar-refractivity contribution in [2.24, 2.45) is 11.7 Å². The van der Waals surface area contributed by atoms with Gasteiger partial charge in [-0.15, -0.1) is 12.4 Å². The Kier molecular flexibility index (Phi) is 9.17. The average molecular weight is 377 g/mol. The first-order valence-electron chi connectivity index (χ1n) is 8.75. The molecule has 0 aliphatic carbocycles. The van der Waals surface area contributed by atoms with Crippen LogP contribution in [-0.4, -0.2) is 19.6 Å². The van der Waals surface area contributed by atoms with Gasteiger partial charge in [-0.1, -0.05) is 56.3 Å². The zero-order valence-corrected chi connectivity index (χ0v) is 16.5. The Labute approximate surface area is 162 Å². The highest BCUT2D eigenvalue weighted by atomic mass is 35.5. The third-order valence-corrected chi connectivity index (χ3v) is 4.70. The van der Waals surface area contributed by atoms with Crippen molar-refractivity contribution in [1.29, 1.82) is 0 Å². The van der Waals surface area contributed by atoms with Crippen LogP contribution >= 0.6 is 12.4 Å². The summed E-state index contributed by atoms with van der Waals surface area (Å²) in [6.07, 6.45) is 0.880. The number of carbonyl (C=O) groups is 1. The van der Waals surface area contributed by atoms with Crippen LogP contribution in [0.2, 0.25) is 0 Å². The molecule has 142 valence electrons. The minimum atomic E-state index is -0.291. The fourth-order valence-electron chi connectivity index (χ4n) is 2.80. The van der Waals surface area contributed by atoms with Crippen LogP contribution in [0.25, 0.3) is 0 Å². The number of rotatable bonds is 8. The molecule has 3 N–H and O–H groups in total. The maximum absolute atomic E-state index is 12.4. The van der Waals surface area contributed by atoms with Crippen LogP contribution < -0.4 is 15.8 Å². The van der Waals surface area contributed by atoms with E-state index >= 15 is 0 Å². The lowest BCUT2D eigenvalue weighted by Crippen LogP contribution is -2.36. The molecule has 0 fully saturated rings. The Morgan fingerprint density at radius 3 is 2.23 bits per heavy atom. The minimum absolute atomic E-state index is 0. The van der Waals surface area contributed by atoms with Gasteiger partial charge >= 0.3 is 0 Å². The van der Waals surface area contributed by atoms with Crippen LogP contribution in [0.4, 0.5) is 0 Å². The highest BCUT2D eigenvalue weighted by Gasteiger charge is 2.21. The molecule has 0 aromatic heterocycles. The Morgan fingerprint density at radius 1 is 1.04 bits per heavy atom. The van der Waals surface area contributed by atoms with Crippen molar-refractivity contribution in [1.82, 2.24) is 5.32 Å². The number of hydrogen-bond acceptors (Lipinski definition) is 3. The van der Waals surface area contributed by atoms with Gasteiger partial charge in [0.1, 0.15) is 5.75 Å². The summed E-state index contributed by atoms with van der Waals surface area (Å²) in [6.45, 7) is 4.67. The van der Waals surface area contributed by atoms with Gasteiger partial charge in [-0.3, -0.25) is 4.79 Å². The van der Waals surface area contributed by atoms with E-state index in [1.54, 1.807) is 7.11 Å². The summed E-state index contributed by atoms with van der Waals surface area (Å²) < 4.78 is 5.18. The van der Waals surface area contributed by atoms with E-state index < -0.39 is 0 Å². The fraction of sp³-hybridized carbons (Fsp3) is 0.381. The molecule has 3 unspecified atom stereocenters. The summed E-state index contributed by atoms with van der Waals surface area (Å²) in [5, 5.41) is 3.01. The van der Waals surface area contributed by atoms with Crippen LogP contribution in [0.5, 0.6) is 5.75 Å². The van der Waals surface area contributed by atoms with Crippen LogP contribution in [0.15, 0.2) is 54.6 Å². The molecule has 0 bridgehead atoms. The predicted octanol–water partition coefficient (Wildman–Crippen LogP) is 4.06. The molecule has 0 radical (unpaired) electrons. The molecule has 5 heteroatoms. The summed E-state index contributed by atoms with van der Waals surface area (Å²) in [6, 6.07) is 17.5. The number of ether oxygens (including phenoxy) is 1. The second-order valence-electron chi connectivity index (χ2n) is 6.48. The van der Waals surface area contributed by atoms with Gasteiger partial charge in [0.2, 0.25) is 5.91 Å². The summed E-state index contributed by atoms with van der Waals surface area (Å²) in [4.78, 5) is 12.4. The quantitative estimate of drug-likeness (QED) is 0.730. The lowest BCUT2D eigenvalue weighted by Gasteiger charge is -2.20. The molecule has 0 saturated carbocycles. The van der Waals surface area contributed by atoms with Gasteiger partial charge in [-0.05, 0) is 35.6 Å². The highest BCUT2D eigenvalue weighted by Crippen LogP contribution is 2.22. The molecule has 1 amide bonds. The average Bonchev–Trinajstić information content (AvgIpc) is 2.67. The van der Waals surface area contributed by atoms with E-state index in [1.807, 2.05) is 49.4 Å². The van der Waals surface area contributed by atoms with E-state index in [0.29, 0.717) is 12.5 Å². The van der Waals surface area contributed by atoms with Crippen molar-refractivity contribution in [3.8, 4) is 5.75 Å². The van der Waals surface area contributed by atoms with Crippen molar-refractivity contribution in [3.05, 3.63) is 65.7 Å². The summed E-state index contributed by atoms with van der Waals surface area (Å²) in [7, 11) is 1.66. The molecule has 0 spiro atoms. The van der Waals surface area contributed by atoms with E-state index in [2.05, 4.69) is 24.4 Å². The fourth-order valence-corrected chi connectivity index (χ4v) is 2.80. The molecule has 2 aromatic rings. The molecule has 2 rings (SSSR count). The van der Waals surface area contributed by atoms with Crippen LogP contribution in [0.3, 0.4) is 0 Å². The van der Waals surface area contributed by atoms with Crippen molar-refractivity contribution >= 4 is 18.3 Å². The lowest BCUT2D eigenvalue weighted by molar-refractivity contribution is -0.125. The first-order valence-corrected chi connectivity index (χ1v) is 8.75. The molecule has 3 atom stereocenters. The highest BCUT2D eigenvalue weighted by molar-refractivity contribution is 5.85. The molecule has 0 heterocycles. The van der Waals surface area contributed by atoms with Crippen molar-refractivity contribution in [2.75, 3.05) is 13.7 Å². The van der Waals surface area contributed by atoms with E-state index in [1.165, 1.54) is 5.56 Å². The van der Waals surface area contributed by atoms with Crippen molar-refractivity contribution in [3.63, 3.8) is 0 Å². The van der Waals surface area contributed by atoms with Gasteiger partial charge in [0.25, 0.3) is 0 Å². The monoisotopic (exact) mass is 376 g/mol. The Morgan fingerprint density at radius 2 is 1.65 bits per heavy atom. The van der Waals surface area contributed by atoms with Gasteiger partial charge in [0.05, 0.1) is 13.0 Å². The molecular weight excluding hydrogens is 348 g/mol. The maximum atomic E-state index is 12.4. The summed E-state index contributed by atoms with van der Waals surface area (Å²) >= 11 is 0. The summed E-state index contributed by atoms with van der Waals surface area (Å²) in [5.74, 6) is 0.953. The number of hydrogen-bond donors (Lipinski definition) is 2. The molecule has 26 heavy (non-hydrogen) atoms. The van der Waals surface area contributed by atoms with Gasteiger partial charge < -0.3 is 15.8 Å². The number of amides is 1. The molecular formula is C21H29ClN2O2. The second kappa shape index (κ2) is 10.8. The molecule has 0 aliphatic rings. The normalized spacial score (nSPS) is 13.8. The second-order valence-corrected chi connectivity index (χ2v) is 6.48. The van der Waals surface area contributed by atoms with Crippen LogP contribution in [-0.2, 0) is 4.79 Å². The van der Waals surface area contributed by atoms with E-state index in [0.717, 1.165) is 17.7 Å². The zero-order chi connectivity index (χ0) is 18.2. The van der Waals surface area contributed by atoms with Gasteiger partial charge in [-0.25, -0.2) is 0 Å². The number of halogens is 1. The first-order chi connectivity index (χ1) is 12.0. The Bertz CT molecular complexity index is 661. The minimum Gasteiger partial charge on any atom is -0.497 e. The van der Waals surface area contributed by atoms with E-state index in [4.69, 9.17) is 10.5 Å². The molecule has 2 aromatic carbocycles. The summed E-state index contributed by atoms with van der Waals surface area (Å²) in [5.41, 5.74) is 8.44. The standard InChI is InChI=1S/C21H28N2O2.ClH/c1-15(17-9-11-19(25-3)12-10-17)13-14-23-21(24)16(2)20(22)18-7-5-4-6-8-18;/h4-12,15-16,20H,13-14,22H2,1-3H3,(H,23,24);1H. The van der Waals surface area contributed by atoms with Crippen LogP contribution in [0, 0.1) is 5.92 Å². The molecule has 4 nitrogen and oxygen atoms in total. The smallest absolute Gasteiger partial charge is 0.224 e. The first kappa shape index (κ1) is 22.0. The predicted molar refractivity (Wildman–Crippen MR) is 109 cm³/mol. The third-order valence-electron chi connectivity index (χ3n) is 4.70. The Hall–Kier alpha value is -2.04. The number of nitrogens with two attached hydrogens (primary N) is 1. The SMILES string of the molecule is COc1ccc(C(C)CCNC(=O)C(C)C(N)c2ccccc2)cc1.Cl. The topological polar surface area (TPSA) is 64.3 Å². The van der Waals surface area contributed by atoms with Crippen molar-refractivity contribution < 1.29 is 9.53 Å². The molecule has 0 saturated heterocycles. The van der Waals surface area contributed by atoms with Crippen LogP contribution in [0.1, 0.15) is 43.4 Å². The van der Waals surface area contributed by atoms with E-state index in [9.17, 15) is 4.79 Å². The number of nitrogens with one attached hydrogen (secondary N) is 1. The lowest BCUT2D eigenvalue weighted by atomic mass is 9.94. The van der Waals surface area contributed by atoms with Crippen molar-refractivity contribution in [2.45, 2.75) is 32.2 Å². The Balaban J connectivity index is 0.00000338. The maximum Gasteiger partial charge on any atom is 0.224 e.